The number of aliphatic hydroxyl groups is 1. The van der Waals surface area contributed by atoms with E-state index in [0.717, 1.165) is 3.92 Å². The molecule has 0 radical (unpaired) electrons. The molecule has 0 saturated carbocycles. The second-order valence-electron chi connectivity index (χ2n) is 1.98. The predicted molar refractivity (Wildman–Crippen MR) is 46.6 cm³/mol. The molecule has 12 heavy (non-hydrogen) atoms. The summed E-state index contributed by atoms with van der Waals surface area (Å²) in [5.41, 5.74) is 0.504. The number of hydrogen-bond acceptors (Lipinski definition) is 6. The van der Waals surface area contributed by atoms with Crippen molar-refractivity contribution in [1.82, 2.24) is 20.2 Å². The zero-order valence-corrected chi connectivity index (χ0v) is 8.13. The third-order valence-corrected chi connectivity index (χ3v) is 2.59. The van der Waals surface area contributed by atoms with Gasteiger partial charge in [0.25, 0.3) is 0 Å². The first kappa shape index (κ1) is 7.96. The second kappa shape index (κ2) is 3.00. The van der Waals surface area contributed by atoms with E-state index in [1.807, 2.05) is 0 Å². The van der Waals surface area contributed by atoms with Gasteiger partial charge in [-0.25, -0.2) is 9.97 Å². The van der Waals surface area contributed by atoms with Crippen molar-refractivity contribution in [2.45, 2.75) is 6.61 Å². The zero-order chi connectivity index (χ0) is 8.55. The number of nitrogens with zero attached hydrogens (tertiary/aromatic N) is 4. The smallest absolute Gasteiger partial charge is 0.212 e. The van der Waals surface area contributed by atoms with Gasteiger partial charge in [0.2, 0.25) is 5.65 Å². The Morgan fingerprint density at radius 1 is 1.33 bits per heavy atom. The quantitative estimate of drug-likeness (QED) is 0.804. The fraction of sp³-hybridized carbons (Fsp3) is 0.200. The lowest BCUT2D eigenvalue weighted by atomic mass is 10.6. The molecule has 0 aliphatic carbocycles. The fourth-order valence-corrected chi connectivity index (χ4v) is 1.98. The largest absolute Gasteiger partial charge is 0.388 e. The summed E-state index contributed by atoms with van der Waals surface area (Å²) in [6, 6.07) is 0. The minimum Gasteiger partial charge on any atom is -0.388 e. The molecule has 0 atom stereocenters. The molecule has 0 bridgehead atoms. The molecule has 7 heteroatoms. The maximum absolute atomic E-state index is 8.71. The number of aromatic nitrogens is 4. The van der Waals surface area contributed by atoms with Crippen molar-refractivity contribution in [1.29, 1.82) is 0 Å². The van der Waals surface area contributed by atoms with Gasteiger partial charge in [-0.1, -0.05) is 11.3 Å². The lowest BCUT2D eigenvalue weighted by Gasteiger charge is -1.89. The minimum absolute atomic E-state index is 0.196. The average Bonchev–Trinajstić information content (AvgIpc) is 2.43. The van der Waals surface area contributed by atoms with Crippen LogP contribution in [0.15, 0.2) is 3.92 Å². The van der Waals surface area contributed by atoms with Crippen molar-refractivity contribution in [3.63, 3.8) is 0 Å². The van der Waals surface area contributed by atoms with Gasteiger partial charge in [-0.05, 0) is 15.9 Å². The summed E-state index contributed by atoms with van der Waals surface area (Å²) in [4.78, 5) is 8.70. The van der Waals surface area contributed by atoms with E-state index in [4.69, 9.17) is 5.11 Å². The highest BCUT2D eigenvalue weighted by molar-refractivity contribution is 9.11. The molecule has 0 aliphatic heterocycles. The minimum atomic E-state index is -0.196. The van der Waals surface area contributed by atoms with E-state index in [1.165, 1.54) is 11.3 Å². The number of rotatable bonds is 1. The Labute approximate surface area is 79.6 Å². The molecule has 0 aliphatic rings. The predicted octanol–water partition coefficient (Wildman–Crippen LogP) is 0.736. The van der Waals surface area contributed by atoms with Gasteiger partial charge >= 0.3 is 0 Å². The van der Waals surface area contributed by atoms with Gasteiger partial charge in [-0.2, -0.15) is 0 Å². The van der Waals surface area contributed by atoms with E-state index in [9.17, 15) is 0 Å². The number of aliphatic hydroxyl groups excluding tert-OH is 1. The second-order valence-corrected chi connectivity index (χ2v) is 4.24. The van der Waals surface area contributed by atoms with E-state index >= 15 is 0 Å². The Kier molecular flexibility index (Phi) is 1.99. The molecule has 0 fully saturated rings. The van der Waals surface area contributed by atoms with E-state index in [2.05, 4.69) is 36.1 Å². The van der Waals surface area contributed by atoms with E-state index in [1.54, 1.807) is 0 Å². The molecule has 2 heterocycles. The first-order chi connectivity index (χ1) is 5.79. The van der Waals surface area contributed by atoms with Gasteiger partial charge in [0.1, 0.15) is 6.61 Å². The van der Waals surface area contributed by atoms with Crippen LogP contribution in [0.1, 0.15) is 5.82 Å². The van der Waals surface area contributed by atoms with Crippen LogP contribution >= 0.6 is 27.3 Å². The van der Waals surface area contributed by atoms with Gasteiger partial charge < -0.3 is 5.11 Å². The lowest BCUT2D eigenvalue weighted by Crippen LogP contribution is -1.96. The molecule has 2 aromatic heterocycles. The van der Waals surface area contributed by atoms with Crippen LogP contribution in [0.3, 0.4) is 0 Å². The summed E-state index contributed by atoms with van der Waals surface area (Å²) in [5, 5.41) is 16.1. The number of thiazole rings is 1. The molecule has 2 rings (SSSR count). The number of halogens is 1. The Morgan fingerprint density at radius 3 is 2.92 bits per heavy atom. The molecule has 0 aromatic carbocycles. The maximum atomic E-state index is 8.71. The van der Waals surface area contributed by atoms with Crippen LogP contribution < -0.4 is 0 Å². The summed E-state index contributed by atoms with van der Waals surface area (Å²) in [6.45, 7) is -0.196. The average molecular weight is 247 g/mol. The van der Waals surface area contributed by atoms with Gasteiger partial charge in [0.05, 0.1) is 0 Å². The molecule has 2 aromatic rings. The van der Waals surface area contributed by atoms with Gasteiger partial charge in [-0.3, -0.25) is 0 Å². The van der Waals surface area contributed by atoms with E-state index in [-0.39, 0.29) is 6.61 Å². The zero-order valence-electron chi connectivity index (χ0n) is 5.73. The topological polar surface area (TPSA) is 71.8 Å². The van der Waals surface area contributed by atoms with Crippen LogP contribution in [0.5, 0.6) is 0 Å². The molecule has 0 spiro atoms. The first-order valence-corrected chi connectivity index (χ1v) is 4.67. The molecule has 0 unspecified atom stereocenters. The summed E-state index contributed by atoms with van der Waals surface area (Å²) >= 11 is 4.57. The summed E-state index contributed by atoms with van der Waals surface area (Å²) in [7, 11) is 0. The molecule has 62 valence electrons. The Morgan fingerprint density at radius 2 is 2.17 bits per heavy atom. The van der Waals surface area contributed by atoms with Crippen molar-refractivity contribution in [3.8, 4) is 0 Å². The summed E-state index contributed by atoms with van der Waals surface area (Å²) in [6.07, 6.45) is 0. The van der Waals surface area contributed by atoms with Crippen molar-refractivity contribution in [2.75, 3.05) is 0 Å². The summed E-state index contributed by atoms with van der Waals surface area (Å²) in [5.74, 6) is 0.318. The van der Waals surface area contributed by atoms with Crippen LogP contribution in [0.25, 0.3) is 10.5 Å². The van der Waals surface area contributed by atoms with E-state index < -0.39 is 0 Å². The fourth-order valence-electron chi connectivity index (χ4n) is 0.729. The van der Waals surface area contributed by atoms with Crippen molar-refractivity contribution >= 4 is 37.7 Å². The molecule has 5 nitrogen and oxygen atoms in total. The third-order valence-electron chi connectivity index (χ3n) is 1.20. The Bertz CT molecular complexity index is 417. The molecule has 1 N–H and O–H groups in total. The highest BCUT2D eigenvalue weighted by atomic mass is 79.9. The van der Waals surface area contributed by atoms with Crippen LogP contribution in [0, 0.1) is 0 Å². The van der Waals surface area contributed by atoms with Gasteiger partial charge in [-0.15, -0.1) is 10.2 Å². The maximum Gasteiger partial charge on any atom is 0.212 e. The monoisotopic (exact) mass is 246 g/mol. The molecule has 0 amide bonds. The van der Waals surface area contributed by atoms with Crippen LogP contribution in [-0.4, -0.2) is 25.3 Å². The standard InChI is InChI=1S/C5H3BrN4OS/c6-5-8-3-4(12-5)7-2(1-11)9-10-3/h11H,1H2. The SMILES string of the molecule is OCc1nnc2nc(Br)sc2n1. The van der Waals surface area contributed by atoms with E-state index in [0.29, 0.717) is 16.3 Å². The van der Waals surface area contributed by atoms with Gasteiger partial charge in [0, 0.05) is 0 Å². The highest BCUT2D eigenvalue weighted by Gasteiger charge is 2.05. The Balaban J connectivity index is 2.66. The van der Waals surface area contributed by atoms with Crippen molar-refractivity contribution in [3.05, 3.63) is 9.74 Å². The first-order valence-electron chi connectivity index (χ1n) is 3.06. The molecular weight excluding hydrogens is 244 g/mol. The van der Waals surface area contributed by atoms with Crippen LogP contribution in [0.4, 0.5) is 0 Å². The molecule has 0 saturated heterocycles. The summed E-state index contributed by atoms with van der Waals surface area (Å²) < 4.78 is 0.717. The lowest BCUT2D eigenvalue weighted by molar-refractivity contribution is 0.270. The highest BCUT2D eigenvalue weighted by Crippen LogP contribution is 2.21. The number of hydrogen-bond donors (Lipinski definition) is 1. The Hall–Kier alpha value is -0.660. The van der Waals surface area contributed by atoms with Crippen molar-refractivity contribution < 1.29 is 5.11 Å². The van der Waals surface area contributed by atoms with Gasteiger partial charge in [0.15, 0.2) is 14.6 Å². The number of fused-ring (bicyclic) bond motifs is 1. The molecular formula is C5H3BrN4OS. The normalized spacial score (nSPS) is 10.8. The van der Waals surface area contributed by atoms with Crippen molar-refractivity contribution in [2.24, 2.45) is 0 Å². The third kappa shape index (κ3) is 1.30. The van der Waals surface area contributed by atoms with Crippen LogP contribution in [-0.2, 0) is 6.61 Å². The van der Waals surface area contributed by atoms with Crippen LogP contribution in [0.2, 0.25) is 0 Å².